The van der Waals surface area contributed by atoms with Crippen molar-refractivity contribution in [3.05, 3.63) is 102 Å². The molecule has 4 aromatic rings. The number of furan rings is 1. The second kappa shape index (κ2) is 8.32. The van der Waals surface area contributed by atoms with E-state index >= 15 is 0 Å². The number of benzene rings is 2. The molecule has 1 aliphatic heterocycles. The molecule has 34 heavy (non-hydrogen) atoms. The number of anilines is 2. The molecule has 0 bridgehead atoms. The van der Waals surface area contributed by atoms with Crippen molar-refractivity contribution in [1.82, 2.24) is 4.98 Å². The van der Waals surface area contributed by atoms with Gasteiger partial charge in [-0.2, -0.15) is 0 Å². The number of amides is 2. The van der Waals surface area contributed by atoms with Gasteiger partial charge in [0, 0.05) is 36.1 Å². The van der Waals surface area contributed by atoms with E-state index < -0.39 is 23.5 Å². The fraction of sp³-hybridized carbons (Fsp3) is 0.0769. The van der Waals surface area contributed by atoms with Crippen molar-refractivity contribution in [2.45, 2.75) is 13.0 Å². The minimum atomic E-state index is -0.900. The molecule has 1 aliphatic rings. The molecule has 0 saturated carbocycles. The van der Waals surface area contributed by atoms with Crippen molar-refractivity contribution in [3.8, 4) is 0 Å². The normalized spacial score (nSPS) is 15.7. The van der Waals surface area contributed by atoms with E-state index in [-0.39, 0.29) is 17.2 Å². The van der Waals surface area contributed by atoms with Crippen molar-refractivity contribution in [2.24, 2.45) is 0 Å². The number of ketones is 1. The third kappa shape index (κ3) is 3.61. The highest BCUT2D eigenvalue weighted by Gasteiger charge is 2.45. The SMILES string of the molecule is CC(=O)Nc1ccc(N2C(=O)C(O)=C(C(=O)c3cc4ccccc4o3)C2c2ccncc2)cc1. The van der Waals surface area contributed by atoms with Crippen LogP contribution in [0.1, 0.15) is 29.1 Å². The number of nitrogens with one attached hydrogen (secondary N) is 1. The minimum absolute atomic E-state index is 0.0254. The number of hydrogen-bond donors (Lipinski definition) is 2. The monoisotopic (exact) mass is 453 g/mol. The lowest BCUT2D eigenvalue weighted by atomic mass is 9.95. The molecule has 8 heteroatoms. The van der Waals surface area contributed by atoms with Gasteiger partial charge in [-0.05, 0) is 54.1 Å². The summed E-state index contributed by atoms with van der Waals surface area (Å²) in [5, 5.41) is 14.3. The van der Waals surface area contributed by atoms with Crippen LogP contribution < -0.4 is 10.2 Å². The predicted molar refractivity (Wildman–Crippen MR) is 125 cm³/mol. The van der Waals surface area contributed by atoms with Gasteiger partial charge in [-0.1, -0.05) is 18.2 Å². The van der Waals surface area contributed by atoms with E-state index in [0.29, 0.717) is 22.5 Å². The highest BCUT2D eigenvalue weighted by Crippen LogP contribution is 2.42. The molecule has 1 unspecified atom stereocenters. The van der Waals surface area contributed by atoms with Crippen LogP contribution in [0.3, 0.4) is 0 Å². The fourth-order valence-corrected chi connectivity index (χ4v) is 4.10. The van der Waals surface area contributed by atoms with Crippen molar-refractivity contribution in [3.63, 3.8) is 0 Å². The van der Waals surface area contributed by atoms with Crippen LogP contribution in [0.4, 0.5) is 11.4 Å². The van der Waals surface area contributed by atoms with E-state index in [2.05, 4.69) is 10.3 Å². The van der Waals surface area contributed by atoms with Crippen molar-refractivity contribution < 1.29 is 23.9 Å². The minimum Gasteiger partial charge on any atom is -0.503 e. The number of pyridine rings is 1. The second-order valence-electron chi connectivity index (χ2n) is 7.83. The molecular formula is C26H19N3O5. The Bertz CT molecular complexity index is 1420. The number of Topliss-reactive ketones (excluding diaryl/α,β-unsaturated/α-hetero) is 1. The Morgan fingerprint density at radius 2 is 1.74 bits per heavy atom. The maximum atomic E-state index is 13.6. The van der Waals surface area contributed by atoms with Crippen LogP contribution in [-0.4, -0.2) is 27.7 Å². The Morgan fingerprint density at radius 3 is 2.41 bits per heavy atom. The van der Waals surface area contributed by atoms with Crippen molar-refractivity contribution >= 4 is 39.9 Å². The van der Waals surface area contributed by atoms with Crippen LogP contribution in [0.2, 0.25) is 0 Å². The van der Waals surface area contributed by atoms with E-state index in [1.807, 2.05) is 12.1 Å². The van der Waals surface area contributed by atoms with Gasteiger partial charge in [0.15, 0.2) is 11.5 Å². The zero-order valence-corrected chi connectivity index (χ0v) is 18.1. The zero-order valence-electron chi connectivity index (χ0n) is 18.1. The Morgan fingerprint density at radius 1 is 1.03 bits per heavy atom. The second-order valence-corrected chi connectivity index (χ2v) is 7.83. The Labute approximate surface area is 194 Å². The quantitative estimate of drug-likeness (QED) is 0.428. The van der Waals surface area contributed by atoms with Gasteiger partial charge in [0.05, 0.1) is 11.6 Å². The topological polar surface area (TPSA) is 113 Å². The van der Waals surface area contributed by atoms with E-state index in [0.717, 1.165) is 5.39 Å². The molecule has 0 radical (unpaired) electrons. The van der Waals surface area contributed by atoms with Crippen LogP contribution in [0.5, 0.6) is 0 Å². The molecule has 2 amide bonds. The van der Waals surface area contributed by atoms with E-state index in [9.17, 15) is 19.5 Å². The first-order valence-electron chi connectivity index (χ1n) is 10.5. The molecule has 2 aromatic carbocycles. The van der Waals surface area contributed by atoms with Crippen LogP contribution in [0.15, 0.2) is 94.9 Å². The summed E-state index contributed by atoms with van der Waals surface area (Å²) >= 11 is 0. The fourth-order valence-electron chi connectivity index (χ4n) is 4.10. The summed E-state index contributed by atoms with van der Waals surface area (Å²) in [7, 11) is 0. The van der Waals surface area contributed by atoms with Crippen LogP contribution in [-0.2, 0) is 9.59 Å². The summed E-state index contributed by atoms with van der Waals surface area (Å²) in [5.41, 5.74) is 2.04. The number of rotatable bonds is 5. The summed E-state index contributed by atoms with van der Waals surface area (Å²) in [6.45, 7) is 1.40. The molecule has 0 saturated heterocycles. The summed E-state index contributed by atoms with van der Waals surface area (Å²) in [6, 6.07) is 17.8. The van der Waals surface area contributed by atoms with Crippen LogP contribution >= 0.6 is 0 Å². The van der Waals surface area contributed by atoms with E-state index in [1.165, 1.54) is 11.8 Å². The maximum absolute atomic E-state index is 13.6. The molecule has 0 fully saturated rings. The molecule has 2 aromatic heterocycles. The molecular weight excluding hydrogens is 434 g/mol. The number of carbonyl (C=O) groups is 3. The van der Waals surface area contributed by atoms with Crippen LogP contribution in [0.25, 0.3) is 11.0 Å². The Hall–Kier alpha value is -4.72. The first-order valence-corrected chi connectivity index (χ1v) is 10.5. The number of fused-ring (bicyclic) bond motifs is 1. The van der Waals surface area contributed by atoms with Gasteiger partial charge < -0.3 is 14.8 Å². The largest absolute Gasteiger partial charge is 0.503 e. The third-order valence-electron chi connectivity index (χ3n) is 5.59. The summed E-state index contributed by atoms with van der Waals surface area (Å²) in [4.78, 5) is 43.5. The Kier molecular flexibility index (Phi) is 5.18. The van der Waals surface area contributed by atoms with Crippen molar-refractivity contribution in [2.75, 3.05) is 10.2 Å². The number of para-hydroxylation sites is 1. The van der Waals surface area contributed by atoms with Gasteiger partial charge in [-0.15, -0.1) is 0 Å². The van der Waals surface area contributed by atoms with E-state index in [4.69, 9.17) is 4.42 Å². The first-order chi connectivity index (χ1) is 16.4. The lowest BCUT2D eigenvalue weighted by Crippen LogP contribution is -2.31. The summed E-state index contributed by atoms with van der Waals surface area (Å²) in [6.07, 6.45) is 3.10. The summed E-state index contributed by atoms with van der Waals surface area (Å²) in [5.74, 6) is -2.14. The predicted octanol–water partition coefficient (Wildman–Crippen LogP) is 4.57. The number of hydrogen-bond acceptors (Lipinski definition) is 6. The van der Waals surface area contributed by atoms with Gasteiger partial charge in [0.25, 0.3) is 5.91 Å². The standard InChI is InChI=1S/C26H19N3O5/c1-15(30)28-18-6-8-19(9-7-18)29-23(16-10-12-27-13-11-16)22(25(32)26(29)33)24(31)21-14-17-4-2-3-5-20(17)34-21/h2-14,23,32H,1H3,(H,28,30). The Balaban J connectivity index is 1.60. The number of nitrogens with zero attached hydrogens (tertiary/aromatic N) is 2. The van der Waals surface area contributed by atoms with E-state index in [1.54, 1.807) is 67.0 Å². The van der Waals surface area contributed by atoms with Gasteiger partial charge in [0.1, 0.15) is 5.58 Å². The number of aromatic nitrogens is 1. The van der Waals surface area contributed by atoms with Gasteiger partial charge >= 0.3 is 0 Å². The smallest absolute Gasteiger partial charge is 0.294 e. The third-order valence-corrected chi connectivity index (χ3v) is 5.59. The molecule has 3 heterocycles. The first kappa shape index (κ1) is 21.1. The molecule has 2 N–H and O–H groups in total. The zero-order chi connectivity index (χ0) is 23.8. The van der Waals surface area contributed by atoms with Crippen LogP contribution in [0, 0.1) is 0 Å². The summed E-state index contributed by atoms with van der Waals surface area (Å²) < 4.78 is 5.73. The number of aliphatic hydroxyl groups excluding tert-OH is 1. The lowest BCUT2D eigenvalue weighted by Gasteiger charge is -2.26. The van der Waals surface area contributed by atoms with Gasteiger partial charge in [-0.25, -0.2) is 0 Å². The molecule has 0 spiro atoms. The molecule has 168 valence electrons. The lowest BCUT2D eigenvalue weighted by molar-refractivity contribution is -0.117. The molecule has 8 nitrogen and oxygen atoms in total. The number of carbonyl (C=O) groups excluding carboxylic acids is 3. The average molecular weight is 453 g/mol. The molecule has 0 aliphatic carbocycles. The molecule has 1 atom stereocenters. The van der Waals surface area contributed by atoms with Gasteiger partial charge in [0.2, 0.25) is 11.7 Å². The molecule has 5 rings (SSSR count). The highest BCUT2D eigenvalue weighted by atomic mass is 16.3. The number of aliphatic hydroxyl groups is 1. The van der Waals surface area contributed by atoms with Gasteiger partial charge in [-0.3, -0.25) is 24.3 Å². The highest BCUT2D eigenvalue weighted by molar-refractivity contribution is 6.20. The average Bonchev–Trinajstić information content (AvgIpc) is 3.39. The maximum Gasteiger partial charge on any atom is 0.294 e. The van der Waals surface area contributed by atoms with Crippen molar-refractivity contribution in [1.29, 1.82) is 0 Å².